The van der Waals surface area contributed by atoms with E-state index >= 15 is 0 Å². The smallest absolute Gasteiger partial charge is 0.264 e. The van der Waals surface area contributed by atoms with E-state index in [1.807, 2.05) is 42.5 Å². The number of amides is 1. The molecule has 1 fully saturated rings. The topological polar surface area (TPSA) is 59.9 Å². The first-order valence-corrected chi connectivity index (χ1v) is 9.97. The van der Waals surface area contributed by atoms with Crippen molar-refractivity contribution >= 4 is 57.0 Å². The SMILES string of the molecule is COc1ccc(Cl)cc1N=C1NC(=O)/C(=C/c2ccc(OC)c3ccccc23)S1. The van der Waals surface area contributed by atoms with Gasteiger partial charge in [-0.1, -0.05) is 41.9 Å². The molecule has 0 spiro atoms. The zero-order chi connectivity index (χ0) is 20.4. The quantitative estimate of drug-likeness (QED) is 0.569. The normalized spacial score (nSPS) is 16.4. The minimum absolute atomic E-state index is 0.199. The van der Waals surface area contributed by atoms with Crippen LogP contribution in [0.25, 0.3) is 16.8 Å². The number of hydrogen-bond acceptors (Lipinski definition) is 5. The second kappa shape index (κ2) is 8.19. The number of carbonyl (C=O) groups is 1. The van der Waals surface area contributed by atoms with Gasteiger partial charge in [-0.05, 0) is 53.1 Å². The number of methoxy groups -OCH3 is 2. The highest BCUT2D eigenvalue weighted by molar-refractivity contribution is 8.18. The number of aliphatic imine (C=N–C) groups is 1. The van der Waals surface area contributed by atoms with Crippen LogP contribution < -0.4 is 14.8 Å². The number of hydrogen-bond donors (Lipinski definition) is 1. The Labute approximate surface area is 177 Å². The van der Waals surface area contributed by atoms with Crippen molar-refractivity contribution in [3.05, 3.63) is 70.1 Å². The second-order valence-corrected chi connectivity index (χ2v) is 7.67. The van der Waals surface area contributed by atoms with Gasteiger partial charge in [0.1, 0.15) is 17.2 Å². The molecule has 1 N–H and O–H groups in total. The molecule has 0 aromatic heterocycles. The standard InChI is InChI=1S/C22H17ClN2O3S/c1-27-18-9-7-13(15-5-3-4-6-16(15)18)11-20-21(26)25-22(29-20)24-17-12-14(23)8-10-19(17)28-2/h3-12H,1-2H3,(H,24,25,26)/b20-11-. The third-order valence-electron chi connectivity index (χ3n) is 4.44. The van der Waals surface area contributed by atoms with Crippen LogP contribution >= 0.6 is 23.4 Å². The van der Waals surface area contributed by atoms with Crippen molar-refractivity contribution in [3.63, 3.8) is 0 Å². The van der Waals surface area contributed by atoms with Crippen molar-refractivity contribution in [2.75, 3.05) is 14.2 Å². The molecular formula is C22H17ClN2O3S. The van der Waals surface area contributed by atoms with Crippen LogP contribution in [0.2, 0.25) is 5.02 Å². The molecule has 0 radical (unpaired) electrons. The molecule has 1 aliphatic rings. The van der Waals surface area contributed by atoms with Crippen LogP contribution in [0.4, 0.5) is 5.69 Å². The number of thioether (sulfide) groups is 1. The Morgan fingerprint density at radius 3 is 2.48 bits per heavy atom. The van der Waals surface area contributed by atoms with Gasteiger partial charge in [-0.2, -0.15) is 0 Å². The number of carbonyl (C=O) groups excluding carboxylic acids is 1. The van der Waals surface area contributed by atoms with Gasteiger partial charge in [-0.25, -0.2) is 4.99 Å². The molecule has 4 rings (SSSR count). The molecule has 1 amide bonds. The lowest BCUT2D eigenvalue weighted by molar-refractivity contribution is -0.115. The molecule has 3 aromatic carbocycles. The molecular weight excluding hydrogens is 408 g/mol. The monoisotopic (exact) mass is 424 g/mol. The molecule has 29 heavy (non-hydrogen) atoms. The van der Waals surface area contributed by atoms with Crippen molar-refractivity contribution in [3.8, 4) is 11.5 Å². The van der Waals surface area contributed by atoms with Crippen LogP contribution in [-0.4, -0.2) is 25.3 Å². The van der Waals surface area contributed by atoms with Crippen molar-refractivity contribution in [1.29, 1.82) is 0 Å². The van der Waals surface area contributed by atoms with Crippen molar-refractivity contribution in [1.82, 2.24) is 5.32 Å². The van der Waals surface area contributed by atoms with E-state index in [0.717, 1.165) is 22.1 Å². The summed E-state index contributed by atoms with van der Waals surface area (Å²) in [6, 6.07) is 16.9. The van der Waals surface area contributed by atoms with E-state index in [2.05, 4.69) is 10.3 Å². The molecule has 7 heteroatoms. The summed E-state index contributed by atoms with van der Waals surface area (Å²) < 4.78 is 10.8. The minimum Gasteiger partial charge on any atom is -0.496 e. The van der Waals surface area contributed by atoms with Crippen LogP contribution in [-0.2, 0) is 4.79 Å². The number of benzene rings is 3. The minimum atomic E-state index is -0.199. The predicted molar refractivity (Wildman–Crippen MR) is 119 cm³/mol. The number of rotatable bonds is 4. The summed E-state index contributed by atoms with van der Waals surface area (Å²) in [5.41, 5.74) is 1.49. The lowest BCUT2D eigenvalue weighted by Gasteiger charge is -2.08. The number of amidine groups is 1. The Morgan fingerprint density at radius 1 is 1.00 bits per heavy atom. The van der Waals surface area contributed by atoms with Crippen molar-refractivity contribution < 1.29 is 14.3 Å². The highest BCUT2D eigenvalue weighted by atomic mass is 35.5. The summed E-state index contributed by atoms with van der Waals surface area (Å²) in [6.07, 6.45) is 1.86. The summed E-state index contributed by atoms with van der Waals surface area (Å²) in [4.78, 5) is 17.6. The van der Waals surface area contributed by atoms with Crippen LogP contribution in [0, 0.1) is 0 Å². The first kappa shape index (κ1) is 19.4. The van der Waals surface area contributed by atoms with Gasteiger partial charge in [0.15, 0.2) is 5.17 Å². The second-order valence-electron chi connectivity index (χ2n) is 6.20. The van der Waals surface area contributed by atoms with Crippen LogP contribution in [0.3, 0.4) is 0 Å². The number of nitrogens with one attached hydrogen (secondary N) is 1. The van der Waals surface area contributed by atoms with Gasteiger partial charge in [-0.3, -0.25) is 4.79 Å². The fraction of sp³-hybridized carbons (Fsp3) is 0.0909. The van der Waals surface area contributed by atoms with Gasteiger partial charge < -0.3 is 14.8 Å². The maximum absolute atomic E-state index is 12.5. The number of fused-ring (bicyclic) bond motifs is 1. The third-order valence-corrected chi connectivity index (χ3v) is 5.58. The van der Waals surface area contributed by atoms with Gasteiger partial charge in [0.05, 0.1) is 19.1 Å². The molecule has 1 saturated heterocycles. The van der Waals surface area contributed by atoms with Gasteiger partial charge in [0.25, 0.3) is 5.91 Å². The molecule has 0 saturated carbocycles. The molecule has 0 atom stereocenters. The van der Waals surface area contributed by atoms with Gasteiger partial charge in [0, 0.05) is 10.4 Å². The van der Waals surface area contributed by atoms with E-state index in [9.17, 15) is 4.79 Å². The van der Waals surface area contributed by atoms with Gasteiger partial charge >= 0.3 is 0 Å². The average molecular weight is 425 g/mol. The first-order valence-electron chi connectivity index (χ1n) is 8.78. The number of ether oxygens (including phenoxy) is 2. The molecule has 0 bridgehead atoms. The van der Waals surface area contributed by atoms with Crippen molar-refractivity contribution in [2.24, 2.45) is 4.99 Å². The Balaban J connectivity index is 1.70. The van der Waals surface area contributed by atoms with Crippen LogP contribution in [0.1, 0.15) is 5.56 Å². The highest BCUT2D eigenvalue weighted by Gasteiger charge is 2.24. The average Bonchev–Trinajstić information content (AvgIpc) is 3.07. The Kier molecular flexibility index (Phi) is 5.47. The molecule has 0 aliphatic carbocycles. The fourth-order valence-electron chi connectivity index (χ4n) is 3.08. The molecule has 1 heterocycles. The van der Waals surface area contributed by atoms with E-state index in [1.165, 1.54) is 11.8 Å². The largest absolute Gasteiger partial charge is 0.496 e. The fourth-order valence-corrected chi connectivity index (χ4v) is 4.07. The summed E-state index contributed by atoms with van der Waals surface area (Å²) in [6.45, 7) is 0. The van der Waals surface area contributed by atoms with E-state index in [0.29, 0.717) is 26.5 Å². The van der Waals surface area contributed by atoms with E-state index < -0.39 is 0 Å². The number of nitrogens with zero attached hydrogens (tertiary/aromatic N) is 1. The third kappa shape index (κ3) is 3.95. The summed E-state index contributed by atoms with van der Waals surface area (Å²) in [5, 5.41) is 5.81. The zero-order valence-electron chi connectivity index (χ0n) is 15.7. The molecule has 3 aromatic rings. The summed E-state index contributed by atoms with van der Waals surface area (Å²) in [5.74, 6) is 1.17. The van der Waals surface area contributed by atoms with Gasteiger partial charge in [0.2, 0.25) is 0 Å². The molecule has 1 aliphatic heterocycles. The predicted octanol–water partition coefficient (Wildman–Crippen LogP) is 5.40. The lowest BCUT2D eigenvalue weighted by Crippen LogP contribution is -2.19. The van der Waals surface area contributed by atoms with E-state index in [1.54, 1.807) is 32.4 Å². The zero-order valence-corrected chi connectivity index (χ0v) is 17.3. The highest BCUT2D eigenvalue weighted by Crippen LogP contribution is 2.35. The maximum Gasteiger partial charge on any atom is 0.264 e. The lowest BCUT2D eigenvalue weighted by atomic mass is 10.0. The first-order chi connectivity index (χ1) is 14.1. The van der Waals surface area contributed by atoms with E-state index in [-0.39, 0.29) is 5.91 Å². The molecule has 0 unspecified atom stereocenters. The molecule has 5 nitrogen and oxygen atoms in total. The Morgan fingerprint density at radius 2 is 1.72 bits per heavy atom. The number of halogens is 1. The van der Waals surface area contributed by atoms with E-state index in [4.69, 9.17) is 21.1 Å². The van der Waals surface area contributed by atoms with Crippen LogP contribution in [0.5, 0.6) is 11.5 Å². The van der Waals surface area contributed by atoms with Crippen molar-refractivity contribution in [2.45, 2.75) is 0 Å². The molecule has 146 valence electrons. The van der Waals surface area contributed by atoms with Crippen LogP contribution in [0.15, 0.2) is 64.5 Å². The Bertz CT molecular complexity index is 1170. The summed E-state index contributed by atoms with van der Waals surface area (Å²) in [7, 11) is 3.21. The van der Waals surface area contributed by atoms with Gasteiger partial charge in [-0.15, -0.1) is 0 Å². The maximum atomic E-state index is 12.5. The summed E-state index contributed by atoms with van der Waals surface area (Å²) >= 11 is 7.34. The Hall–Kier alpha value is -2.96.